The third kappa shape index (κ3) is 5.65. The fourth-order valence-electron chi connectivity index (χ4n) is 5.04. The van der Waals surface area contributed by atoms with Crippen molar-refractivity contribution in [3.63, 3.8) is 0 Å². The van der Waals surface area contributed by atoms with Gasteiger partial charge in [0.2, 0.25) is 5.91 Å². The molecule has 2 aliphatic heterocycles. The number of rotatable bonds is 8. The molecule has 2 aliphatic rings. The van der Waals surface area contributed by atoms with Crippen LogP contribution in [0.5, 0.6) is 5.75 Å². The minimum atomic E-state index is -0.794. The van der Waals surface area contributed by atoms with Crippen LogP contribution in [-0.2, 0) is 9.59 Å². The van der Waals surface area contributed by atoms with E-state index < -0.39 is 5.54 Å². The Morgan fingerprint density at radius 2 is 1.70 bits per heavy atom. The molecular weight excluding hydrogens is 470 g/mol. The summed E-state index contributed by atoms with van der Waals surface area (Å²) < 4.78 is 5.63. The van der Waals surface area contributed by atoms with Crippen molar-refractivity contribution in [2.24, 2.45) is 0 Å². The highest BCUT2D eigenvalue weighted by Gasteiger charge is 2.54. The molecule has 1 unspecified atom stereocenters. The van der Waals surface area contributed by atoms with Crippen LogP contribution in [-0.4, -0.2) is 72.1 Å². The fourth-order valence-corrected chi connectivity index (χ4v) is 5.04. The molecule has 2 heterocycles. The Kier molecular flexibility index (Phi) is 8.21. The van der Waals surface area contributed by atoms with Crippen LogP contribution in [0.15, 0.2) is 54.6 Å². The summed E-state index contributed by atoms with van der Waals surface area (Å²) in [5.74, 6) is 0.411. The first-order chi connectivity index (χ1) is 17.9. The van der Waals surface area contributed by atoms with Gasteiger partial charge in [-0.25, -0.2) is 4.79 Å². The summed E-state index contributed by atoms with van der Waals surface area (Å²) in [5.41, 5.74) is 0.762. The maximum atomic E-state index is 13.8. The minimum absolute atomic E-state index is 0.0205. The van der Waals surface area contributed by atoms with Gasteiger partial charge in [-0.1, -0.05) is 37.3 Å². The minimum Gasteiger partial charge on any atom is -0.492 e. The number of nitrogens with one attached hydrogen (secondary N) is 2. The molecule has 4 rings (SSSR count). The Hall–Kier alpha value is -3.75. The number of urea groups is 1. The Balaban J connectivity index is 1.48. The van der Waals surface area contributed by atoms with Crippen LogP contribution in [0.4, 0.5) is 16.2 Å². The normalized spacial score (nSPS) is 17.6. The highest BCUT2D eigenvalue weighted by molar-refractivity contribution is 5.97. The highest BCUT2D eigenvalue weighted by atomic mass is 16.5. The van der Waals surface area contributed by atoms with E-state index in [0.717, 1.165) is 12.1 Å². The van der Waals surface area contributed by atoms with Crippen LogP contribution in [0, 0.1) is 0 Å². The number of hydrogen-bond acceptors (Lipinski definition) is 5. The zero-order valence-electron chi connectivity index (χ0n) is 21.9. The number of amides is 4. The van der Waals surface area contributed by atoms with E-state index in [1.165, 1.54) is 0 Å². The van der Waals surface area contributed by atoms with Crippen molar-refractivity contribution in [3.8, 4) is 5.75 Å². The number of para-hydroxylation sites is 3. The molecule has 9 nitrogen and oxygen atoms in total. The van der Waals surface area contributed by atoms with E-state index in [2.05, 4.69) is 15.5 Å². The quantitative estimate of drug-likeness (QED) is 0.569. The van der Waals surface area contributed by atoms with Crippen molar-refractivity contribution >= 4 is 29.2 Å². The molecule has 2 N–H and O–H groups in total. The Labute approximate surface area is 218 Å². The van der Waals surface area contributed by atoms with Crippen molar-refractivity contribution in [1.29, 1.82) is 0 Å². The summed E-state index contributed by atoms with van der Waals surface area (Å²) in [6.45, 7) is 7.57. The summed E-state index contributed by atoms with van der Waals surface area (Å²) in [4.78, 5) is 45.0. The van der Waals surface area contributed by atoms with E-state index in [1.807, 2.05) is 75.4 Å². The van der Waals surface area contributed by atoms with Crippen LogP contribution in [0.2, 0.25) is 0 Å². The van der Waals surface area contributed by atoms with Gasteiger partial charge in [-0.2, -0.15) is 0 Å². The van der Waals surface area contributed by atoms with E-state index in [4.69, 9.17) is 4.74 Å². The largest absolute Gasteiger partial charge is 0.492 e. The lowest BCUT2D eigenvalue weighted by Gasteiger charge is -2.43. The summed E-state index contributed by atoms with van der Waals surface area (Å²) in [6, 6.07) is 17.0. The van der Waals surface area contributed by atoms with Crippen molar-refractivity contribution in [3.05, 3.63) is 54.6 Å². The zero-order valence-corrected chi connectivity index (χ0v) is 21.9. The van der Waals surface area contributed by atoms with Gasteiger partial charge in [-0.15, -0.1) is 0 Å². The SMILES string of the molecule is CCOc1ccccc1NC(=O)N1CCC2(CC1)C(=O)N(CC(=O)NC(C)CC)CN2c1ccccc1. The molecule has 0 bridgehead atoms. The second-order valence-corrected chi connectivity index (χ2v) is 9.66. The van der Waals surface area contributed by atoms with E-state index in [9.17, 15) is 14.4 Å². The standard InChI is InChI=1S/C28H37N5O4/c1-4-21(3)29-25(34)19-32-20-33(22-11-7-6-8-12-22)28(26(32)35)15-17-31(18-16-28)27(36)30-23-13-9-10-14-24(23)37-5-2/h6-14,21H,4-5,15-20H2,1-3H3,(H,29,34)(H,30,36). The molecule has 2 aromatic rings. The molecule has 0 aliphatic carbocycles. The number of carbonyl (C=O) groups is 3. The third-order valence-electron chi connectivity index (χ3n) is 7.24. The van der Waals surface area contributed by atoms with Crippen LogP contribution in [0.25, 0.3) is 0 Å². The smallest absolute Gasteiger partial charge is 0.321 e. The van der Waals surface area contributed by atoms with Crippen LogP contribution < -0.4 is 20.3 Å². The molecule has 2 aromatic carbocycles. The number of anilines is 2. The fraction of sp³-hybridized carbons (Fsp3) is 0.464. The molecule has 1 atom stereocenters. The number of likely N-dealkylation sites (tertiary alicyclic amines) is 1. The van der Waals surface area contributed by atoms with E-state index in [0.29, 0.717) is 50.6 Å². The molecule has 37 heavy (non-hydrogen) atoms. The average molecular weight is 508 g/mol. The first-order valence-corrected chi connectivity index (χ1v) is 13.1. The van der Waals surface area contributed by atoms with Crippen molar-refractivity contribution in [2.45, 2.75) is 51.6 Å². The van der Waals surface area contributed by atoms with Crippen molar-refractivity contribution in [2.75, 3.05) is 43.1 Å². The van der Waals surface area contributed by atoms with E-state index >= 15 is 0 Å². The number of carbonyl (C=O) groups excluding carboxylic acids is 3. The average Bonchev–Trinajstić information content (AvgIpc) is 3.16. The van der Waals surface area contributed by atoms with Gasteiger partial charge in [0.15, 0.2) is 0 Å². The zero-order chi connectivity index (χ0) is 26.4. The second kappa shape index (κ2) is 11.5. The van der Waals surface area contributed by atoms with Crippen LogP contribution >= 0.6 is 0 Å². The molecule has 0 aromatic heterocycles. The predicted octanol–water partition coefficient (Wildman–Crippen LogP) is 3.67. The van der Waals surface area contributed by atoms with Gasteiger partial charge in [0, 0.05) is 24.8 Å². The van der Waals surface area contributed by atoms with Gasteiger partial charge in [-0.05, 0) is 57.4 Å². The Bertz CT molecular complexity index is 1100. The third-order valence-corrected chi connectivity index (χ3v) is 7.24. The lowest BCUT2D eigenvalue weighted by atomic mass is 9.85. The highest BCUT2D eigenvalue weighted by Crippen LogP contribution is 2.39. The first kappa shape index (κ1) is 26.3. The number of ether oxygens (including phenoxy) is 1. The molecule has 9 heteroatoms. The summed E-state index contributed by atoms with van der Waals surface area (Å²) in [6.07, 6.45) is 1.78. The van der Waals surface area contributed by atoms with Crippen molar-refractivity contribution < 1.29 is 19.1 Å². The monoisotopic (exact) mass is 507 g/mol. The number of piperidine rings is 1. The summed E-state index contributed by atoms with van der Waals surface area (Å²) >= 11 is 0. The molecule has 4 amide bonds. The van der Waals surface area contributed by atoms with Gasteiger partial charge in [-0.3, -0.25) is 9.59 Å². The molecular formula is C28H37N5O4. The Morgan fingerprint density at radius 1 is 1.03 bits per heavy atom. The molecule has 198 valence electrons. The van der Waals surface area contributed by atoms with Crippen LogP contribution in [0.3, 0.4) is 0 Å². The van der Waals surface area contributed by atoms with Gasteiger partial charge in [0.1, 0.15) is 17.8 Å². The first-order valence-electron chi connectivity index (χ1n) is 13.1. The molecule has 2 saturated heterocycles. The molecule has 2 fully saturated rings. The van der Waals surface area contributed by atoms with Gasteiger partial charge in [0.25, 0.3) is 5.91 Å². The predicted molar refractivity (Wildman–Crippen MR) is 144 cm³/mol. The number of nitrogens with zero attached hydrogens (tertiary/aromatic N) is 3. The lowest BCUT2D eigenvalue weighted by molar-refractivity contribution is -0.137. The maximum Gasteiger partial charge on any atom is 0.321 e. The van der Waals surface area contributed by atoms with E-state index in [-0.39, 0.29) is 30.4 Å². The summed E-state index contributed by atoms with van der Waals surface area (Å²) in [7, 11) is 0. The summed E-state index contributed by atoms with van der Waals surface area (Å²) in [5, 5.41) is 5.92. The number of hydrogen-bond donors (Lipinski definition) is 2. The molecule has 0 radical (unpaired) electrons. The topological polar surface area (TPSA) is 94.2 Å². The molecule has 0 saturated carbocycles. The molecule has 1 spiro atoms. The lowest BCUT2D eigenvalue weighted by Crippen LogP contribution is -2.58. The Morgan fingerprint density at radius 3 is 2.38 bits per heavy atom. The van der Waals surface area contributed by atoms with Gasteiger partial charge in [0.05, 0.1) is 19.0 Å². The van der Waals surface area contributed by atoms with Gasteiger partial charge >= 0.3 is 6.03 Å². The van der Waals surface area contributed by atoms with Crippen LogP contribution in [0.1, 0.15) is 40.0 Å². The van der Waals surface area contributed by atoms with E-state index in [1.54, 1.807) is 9.80 Å². The number of benzene rings is 2. The van der Waals surface area contributed by atoms with Gasteiger partial charge < -0.3 is 30.1 Å². The van der Waals surface area contributed by atoms with Crippen molar-refractivity contribution in [1.82, 2.24) is 15.1 Å². The second-order valence-electron chi connectivity index (χ2n) is 9.66. The maximum absolute atomic E-state index is 13.8.